The lowest BCUT2D eigenvalue weighted by atomic mass is 10.0. The molecule has 1 amide bonds. The van der Waals surface area contributed by atoms with Crippen LogP contribution in [0.2, 0.25) is 0 Å². The van der Waals surface area contributed by atoms with Crippen molar-refractivity contribution in [3.63, 3.8) is 0 Å². The Morgan fingerprint density at radius 1 is 0.939 bits per heavy atom. The molecule has 1 atom stereocenters. The molecule has 3 aromatic carbocycles. The summed E-state index contributed by atoms with van der Waals surface area (Å²) in [5, 5.41) is 3.02. The predicted molar refractivity (Wildman–Crippen MR) is 140 cm³/mol. The number of ether oxygens (including phenoxy) is 1. The predicted octanol–water partition coefficient (Wildman–Crippen LogP) is 6.26. The molecule has 0 aromatic heterocycles. The maximum Gasteiger partial charge on any atom is 0.255 e. The largest absolute Gasteiger partial charge is 0.497 e. The molecule has 0 aliphatic carbocycles. The molecule has 1 N–H and O–H groups in total. The Bertz CT molecular complexity index is 977. The van der Waals surface area contributed by atoms with Crippen molar-refractivity contribution in [2.75, 3.05) is 25.5 Å². The van der Waals surface area contributed by atoms with Crippen molar-refractivity contribution < 1.29 is 9.53 Å². The summed E-state index contributed by atoms with van der Waals surface area (Å²) >= 11 is 0. The monoisotopic (exact) mass is 466 g/mol. The van der Waals surface area contributed by atoms with E-state index in [0.29, 0.717) is 11.6 Å². The SMILES string of the molecule is CCCN(CCc1ccccc1)[C@H](C)Cc1cccc(NC(=O)c2ccc(OC)cc2)c1.Cl. The highest BCUT2D eigenvalue weighted by Gasteiger charge is 2.14. The van der Waals surface area contributed by atoms with Gasteiger partial charge >= 0.3 is 0 Å². The summed E-state index contributed by atoms with van der Waals surface area (Å²) in [6, 6.07) is 26.4. The van der Waals surface area contributed by atoms with Crippen molar-refractivity contribution in [1.29, 1.82) is 0 Å². The maximum atomic E-state index is 12.6. The van der Waals surface area contributed by atoms with Gasteiger partial charge in [-0.25, -0.2) is 0 Å². The van der Waals surface area contributed by atoms with Crippen LogP contribution in [0, 0.1) is 0 Å². The van der Waals surface area contributed by atoms with E-state index in [1.165, 1.54) is 11.1 Å². The Kier molecular flexibility index (Phi) is 10.9. The van der Waals surface area contributed by atoms with E-state index in [4.69, 9.17) is 4.74 Å². The molecule has 0 heterocycles. The Balaban J connectivity index is 0.00000385. The average molecular weight is 467 g/mol. The summed E-state index contributed by atoms with van der Waals surface area (Å²) < 4.78 is 5.16. The zero-order valence-electron chi connectivity index (χ0n) is 19.8. The van der Waals surface area contributed by atoms with E-state index in [0.717, 1.165) is 43.8 Å². The smallest absolute Gasteiger partial charge is 0.255 e. The minimum absolute atomic E-state index is 0. The Morgan fingerprint density at radius 2 is 1.64 bits per heavy atom. The highest BCUT2D eigenvalue weighted by Crippen LogP contribution is 2.17. The summed E-state index contributed by atoms with van der Waals surface area (Å²) in [4.78, 5) is 15.2. The summed E-state index contributed by atoms with van der Waals surface area (Å²) in [7, 11) is 1.62. The number of carbonyl (C=O) groups is 1. The van der Waals surface area contributed by atoms with Gasteiger partial charge in [0.2, 0.25) is 0 Å². The second-order valence-corrected chi connectivity index (χ2v) is 8.21. The van der Waals surface area contributed by atoms with Crippen LogP contribution >= 0.6 is 12.4 Å². The fourth-order valence-corrected chi connectivity index (χ4v) is 3.95. The lowest BCUT2D eigenvalue weighted by molar-refractivity contribution is 0.102. The molecule has 0 aliphatic heterocycles. The molecular formula is C28H35ClN2O2. The van der Waals surface area contributed by atoms with Gasteiger partial charge in [-0.1, -0.05) is 49.4 Å². The van der Waals surface area contributed by atoms with E-state index < -0.39 is 0 Å². The van der Waals surface area contributed by atoms with Crippen LogP contribution in [0.25, 0.3) is 0 Å². The first-order valence-corrected chi connectivity index (χ1v) is 11.4. The summed E-state index contributed by atoms with van der Waals surface area (Å²) in [5.41, 5.74) is 4.04. The summed E-state index contributed by atoms with van der Waals surface area (Å²) in [6.07, 6.45) is 3.14. The van der Waals surface area contributed by atoms with E-state index >= 15 is 0 Å². The number of halogens is 1. The van der Waals surface area contributed by atoms with Crippen LogP contribution in [0.3, 0.4) is 0 Å². The fraction of sp³-hybridized carbons (Fsp3) is 0.321. The molecule has 3 aromatic rings. The van der Waals surface area contributed by atoms with Gasteiger partial charge in [-0.3, -0.25) is 4.79 Å². The van der Waals surface area contributed by atoms with E-state index in [1.807, 2.05) is 12.1 Å². The Morgan fingerprint density at radius 3 is 2.30 bits per heavy atom. The molecule has 0 aliphatic rings. The quantitative estimate of drug-likeness (QED) is 0.363. The van der Waals surface area contributed by atoms with Crippen LogP contribution in [-0.2, 0) is 12.8 Å². The second kappa shape index (κ2) is 13.7. The van der Waals surface area contributed by atoms with Crippen LogP contribution in [0.4, 0.5) is 5.69 Å². The van der Waals surface area contributed by atoms with Crippen LogP contribution in [0.15, 0.2) is 78.9 Å². The molecule has 4 nitrogen and oxygen atoms in total. The Hall–Kier alpha value is -2.82. The first-order chi connectivity index (χ1) is 15.6. The molecule has 0 spiro atoms. The molecule has 0 saturated heterocycles. The molecule has 3 rings (SSSR count). The van der Waals surface area contributed by atoms with Gasteiger partial charge in [-0.05, 0) is 80.3 Å². The molecule has 5 heteroatoms. The van der Waals surface area contributed by atoms with Crippen molar-refractivity contribution >= 4 is 24.0 Å². The first kappa shape index (κ1) is 26.4. The molecule has 33 heavy (non-hydrogen) atoms. The van der Waals surface area contributed by atoms with Crippen LogP contribution in [-0.4, -0.2) is 37.0 Å². The highest BCUT2D eigenvalue weighted by atomic mass is 35.5. The van der Waals surface area contributed by atoms with Gasteiger partial charge in [-0.15, -0.1) is 12.4 Å². The number of methoxy groups -OCH3 is 1. The van der Waals surface area contributed by atoms with Crippen molar-refractivity contribution in [2.45, 2.75) is 39.2 Å². The molecule has 176 valence electrons. The molecule has 0 unspecified atom stereocenters. The van der Waals surface area contributed by atoms with Gasteiger partial charge in [0.25, 0.3) is 5.91 Å². The maximum absolute atomic E-state index is 12.6. The van der Waals surface area contributed by atoms with Crippen molar-refractivity contribution in [1.82, 2.24) is 4.90 Å². The molecule has 0 radical (unpaired) electrons. The summed E-state index contributed by atoms with van der Waals surface area (Å²) in [6.45, 7) is 6.66. The van der Waals surface area contributed by atoms with Gasteiger partial charge in [-0.2, -0.15) is 0 Å². The first-order valence-electron chi connectivity index (χ1n) is 11.4. The van der Waals surface area contributed by atoms with E-state index in [2.05, 4.69) is 66.5 Å². The number of nitrogens with one attached hydrogen (secondary N) is 1. The number of carbonyl (C=O) groups excluding carboxylic acids is 1. The third-order valence-electron chi connectivity index (χ3n) is 5.73. The second-order valence-electron chi connectivity index (χ2n) is 8.21. The van der Waals surface area contributed by atoms with E-state index in [9.17, 15) is 4.79 Å². The van der Waals surface area contributed by atoms with Gasteiger partial charge in [0, 0.05) is 23.8 Å². The van der Waals surface area contributed by atoms with Crippen LogP contribution < -0.4 is 10.1 Å². The number of amides is 1. The van der Waals surface area contributed by atoms with Crippen molar-refractivity contribution in [2.24, 2.45) is 0 Å². The molecule has 0 fully saturated rings. The number of hydrogen-bond donors (Lipinski definition) is 1. The fourth-order valence-electron chi connectivity index (χ4n) is 3.95. The van der Waals surface area contributed by atoms with E-state index in [1.54, 1.807) is 31.4 Å². The minimum Gasteiger partial charge on any atom is -0.497 e. The lowest BCUT2D eigenvalue weighted by Crippen LogP contribution is -2.37. The van der Waals surface area contributed by atoms with Crippen LogP contribution in [0.1, 0.15) is 41.8 Å². The van der Waals surface area contributed by atoms with E-state index in [-0.39, 0.29) is 18.3 Å². The molecular weight excluding hydrogens is 432 g/mol. The van der Waals surface area contributed by atoms with Gasteiger partial charge in [0.05, 0.1) is 7.11 Å². The minimum atomic E-state index is -0.117. The van der Waals surface area contributed by atoms with Gasteiger partial charge in [0.1, 0.15) is 5.75 Å². The standard InChI is InChI=1S/C28H34N2O2.ClH/c1-4-18-30(19-17-23-9-6-5-7-10-23)22(2)20-24-11-8-12-26(21-24)29-28(31)25-13-15-27(32-3)16-14-25;/h5-16,21-22H,4,17-20H2,1-3H3,(H,29,31);1H/t22-;/m1./s1. The summed E-state index contributed by atoms with van der Waals surface area (Å²) in [5.74, 6) is 0.620. The molecule has 0 saturated carbocycles. The van der Waals surface area contributed by atoms with Gasteiger partial charge in [0.15, 0.2) is 0 Å². The highest BCUT2D eigenvalue weighted by molar-refractivity contribution is 6.04. The van der Waals surface area contributed by atoms with Crippen molar-refractivity contribution in [3.8, 4) is 5.75 Å². The zero-order chi connectivity index (χ0) is 22.8. The number of anilines is 1. The third-order valence-corrected chi connectivity index (χ3v) is 5.73. The topological polar surface area (TPSA) is 41.6 Å². The Labute approximate surface area is 204 Å². The molecule has 0 bridgehead atoms. The number of nitrogens with zero attached hydrogens (tertiary/aromatic N) is 1. The van der Waals surface area contributed by atoms with Crippen molar-refractivity contribution in [3.05, 3.63) is 95.6 Å². The normalized spacial score (nSPS) is 11.5. The van der Waals surface area contributed by atoms with Gasteiger partial charge < -0.3 is 15.0 Å². The zero-order valence-corrected chi connectivity index (χ0v) is 20.6. The third kappa shape index (κ3) is 8.23. The average Bonchev–Trinajstić information content (AvgIpc) is 2.82. The number of hydrogen-bond acceptors (Lipinski definition) is 3. The lowest BCUT2D eigenvalue weighted by Gasteiger charge is -2.29. The number of rotatable bonds is 11. The number of benzene rings is 3. The van der Waals surface area contributed by atoms with Crippen LogP contribution in [0.5, 0.6) is 5.75 Å².